The SMILES string of the molecule is O=C(NCCCn1ccnn1)NC1COCC1C(=O)O. The number of aliphatic carboxylic acids is 1. The summed E-state index contributed by atoms with van der Waals surface area (Å²) < 4.78 is 6.74. The van der Waals surface area contributed by atoms with Gasteiger partial charge in [0.15, 0.2) is 0 Å². The van der Waals surface area contributed by atoms with Crippen LogP contribution in [-0.2, 0) is 16.1 Å². The molecule has 2 atom stereocenters. The van der Waals surface area contributed by atoms with Crippen molar-refractivity contribution in [3.05, 3.63) is 12.4 Å². The molecule has 0 radical (unpaired) electrons. The molecular formula is C11H17N5O4. The summed E-state index contributed by atoms with van der Waals surface area (Å²) in [7, 11) is 0. The van der Waals surface area contributed by atoms with Gasteiger partial charge in [-0.1, -0.05) is 5.21 Å². The molecule has 0 spiro atoms. The highest BCUT2D eigenvalue weighted by atomic mass is 16.5. The Hall–Kier alpha value is -2.16. The molecule has 2 amide bonds. The molecule has 9 heteroatoms. The van der Waals surface area contributed by atoms with E-state index in [-0.39, 0.29) is 19.2 Å². The third-order valence-corrected chi connectivity index (χ3v) is 3.04. The molecule has 0 aromatic carbocycles. The first-order valence-electron chi connectivity index (χ1n) is 6.36. The van der Waals surface area contributed by atoms with Crippen molar-refractivity contribution in [2.75, 3.05) is 19.8 Å². The second kappa shape index (κ2) is 6.85. The molecule has 1 fully saturated rings. The normalized spacial score (nSPS) is 21.6. The molecule has 3 N–H and O–H groups in total. The van der Waals surface area contributed by atoms with Crippen molar-refractivity contribution in [3.8, 4) is 0 Å². The van der Waals surface area contributed by atoms with Crippen LogP contribution < -0.4 is 10.6 Å². The molecule has 0 bridgehead atoms. The van der Waals surface area contributed by atoms with Gasteiger partial charge >= 0.3 is 12.0 Å². The predicted octanol–water partition coefficient (Wildman–Crippen LogP) is -0.933. The summed E-state index contributed by atoms with van der Waals surface area (Å²) in [5.74, 6) is -1.64. The fraction of sp³-hybridized carbons (Fsp3) is 0.636. The van der Waals surface area contributed by atoms with Gasteiger partial charge in [-0.3, -0.25) is 9.48 Å². The molecular weight excluding hydrogens is 266 g/mol. The number of carboxylic acids is 1. The van der Waals surface area contributed by atoms with Crippen molar-refractivity contribution in [1.82, 2.24) is 25.6 Å². The number of urea groups is 1. The van der Waals surface area contributed by atoms with E-state index < -0.39 is 17.9 Å². The Morgan fingerprint density at radius 3 is 3.00 bits per heavy atom. The van der Waals surface area contributed by atoms with Gasteiger partial charge in [-0.15, -0.1) is 5.10 Å². The van der Waals surface area contributed by atoms with Gasteiger partial charge in [-0.05, 0) is 6.42 Å². The zero-order valence-corrected chi connectivity index (χ0v) is 10.9. The van der Waals surface area contributed by atoms with E-state index in [1.54, 1.807) is 17.1 Å². The molecule has 0 saturated carbocycles. The highest BCUT2D eigenvalue weighted by Gasteiger charge is 2.34. The number of hydrogen-bond acceptors (Lipinski definition) is 5. The largest absolute Gasteiger partial charge is 0.481 e. The number of ether oxygens (including phenoxy) is 1. The predicted molar refractivity (Wildman–Crippen MR) is 66.9 cm³/mol. The van der Waals surface area contributed by atoms with E-state index in [0.717, 1.165) is 0 Å². The number of nitrogens with one attached hydrogen (secondary N) is 2. The minimum Gasteiger partial charge on any atom is -0.481 e. The van der Waals surface area contributed by atoms with Crippen LogP contribution in [0.2, 0.25) is 0 Å². The third-order valence-electron chi connectivity index (χ3n) is 3.04. The van der Waals surface area contributed by atoms with Gasteiger partial charge in [0, 0.05) is 19.3 Å². The minimum absolute atomic E-state index is 0.132. The van der Waals surface area contributed by atoms with E-state index in [1.807, 2.05) is 0 Å². The van der Waals surface area contributed by atoms with Crippen molar-refractivity contribution in [2.24, 2.45) is 5.92 Å². The molecule has 1 aromatic rings. The van der Waals surface area contributed by atoms with E-state index in [9.17, 15) is 9.59 Å². The summed E-state index contributed by atoms with van der Waals surface area (Å²) in [6.07, 6.45) is 4.04. The summed E-state index contributed by atoms with van der Waals surface area (Å²) in [5.41, 5.74) is 0. The first-order valence-corrected chi connectivity index (χ1v) is 6.36. The maximum absolute atomic E-state index is 11.6. The number of hydrogen-bond donors (Lipinski definition) is 3. The number of carboxylic acid groups (broad SMARTS) is 1. The third kappa shape index (κ3) is 3.92. The van der Waals surface area contributed by atoms with Gasteiger partial charge in [-0.2, -0.15) is 0 Å². The number of aryl methyl sites for hydroxylation is 1. The standard InChI is InChI=1S/C11H17N5O4/c17-10(18)8-6-20-7-9(8)14-11(19)12-2-1-4-16-5-3-13-15-16/h3,5,8-9H,1-2,4,6-7H2,(H,17,18)(H2,12,14,19). The minimum atomic E-state index is -0.959. The number of aromatic nitrogens is 3. The summed E-state index contributed by atoms with van der Waals surface area (Å²) >= 11 is 0. The van der Waals surface area contributed by atoms with E-state index in [2.05, 4.69) is 20.9 Å². The lowest BCUT2D eigenvalue weighted by Gasteiger charge is -2.16. The molecule has 20 heavy (non-hydrogen) atoms. The monoisotopic (exact) mass is 283 g/mol. The van der Waals surface area contributed by atoms with Crippen LogP contribution in [0.25, 0.3) is 0 Å². The van der Waals surface area contributed by atoms with E-state index in [0.29, 0.717) is 19.5 Å². The average Bonchev–Trinajstić information content (AvgIpc) is 3.05. The number of carbonyl (C=O) groups is 2. The topological polar surface area (TPSA) is 118 Å². The highest BCUT2D eigenvalue weighted by Crippen LogP contribution is 2.13. The summed E-state index contributed by atoms with van der Waals surface area (Å²) in [6, 6.07) is -0.867. The van der Waals surface area contributed by atoms with E-state index >= 15 is 0 Å². The van der Waals surface area contributed by atoms with Crippen LogP contribution in [0.3, 0.4) is 0 Å². The van der Waals surface area contributed by atoms with Crippen LogP contribution >= 0.6 is 0 Å². The molecule has 1 saturated heterocycles. The van der Waals surface area contributed by atoms with Crippen molar-refractivity contribution < 1.29 is 19.4 Å². The Labute approximate surface area is 115 Å². The van der Waals surface area contributed by atoms with Gasteiger partial charge in [0.05, 0.1) is 25.5 Å². The smallest absolute Gasteiger partial charge is 0.315 e. The summed E-state index contributed by atoms with van der Waals surface area (Å²) in [5, 5.41) is 21.7. The molecule has 110 valence electrons. The average molecular weight is 283 g/mol. The molecule has 2 unspecified atom stereocenters. The summed E-state index contributed by atoms with van der Waals surface area (Å²) in [6.45, 7) is 1.48. The van der Waals surface area contributed by atoms with Crippen LogP contribution in [0, 0.1) is 5.92 Å². The highest BCUT2D eigenvalue weighted by molar-refractivity contribution is 5.77. The van der Waals surface area contributed by atoms with Crippen LogP contribution in [0.5, 0.6) is 0 Å². The van der Waals surface area contributed by atoms with Gasteiger partial charge < -0.3 is 20.5 Å². The second-order valence-electron chi connectivity index (χ2n) is 4.51. The van der Waals surface area contributed by atoms with E-state index in [4.69, 9.17) is 9.84 Å². The molecule has 2 rings (SSSR count). The maximum Gasteiger partial charge on any atom is 0.315 e. The van der Waals surface area contributed by atoms with Crippen molar-refractivity contribution in [3.63, 3.8) is 0 Å². The van der Waals surface area contributed by atoms with Gasteiger partial charge in [0.2, 0.25) is 0 Å². The number of carbonyl (C=O) groups excluding carboxylic acids is 1. The number of nitrogens with zero attached hydrogens (tertiary/aromatic N) is 3. The zero-order valence-electron chi connectivity index (χ0n) is 10.9. The maximum atomic E-state index is 11.6. The van der Waals surface area contributed by atoms with Crippen LogP contribution in [0.15, 0.2) is 12.4 Å². The fourth-order valence-electron chi connectivity index (χ4n) is 1.95. The fourth-order valence-corrected chi connectivity index (χ4v) is 1.95. The van der Waals surface area contributed by atoms with Crippen molar-refractivity contribution in [2.45, 2.75) is 19.0 Å². The first kappa shape index (κ1) is 14.3. The van der Waals surface area contributed by atoms with Crippen molar-refractivity contribution in [1.29, 1.82) is 0 Å². The van der Waals surface area contributed by atoms with Gasteiger partial charge in [0.1, 0.15) is 5.92 Å². The number of rotatable bonds is 6. The van der Waals surface area contributed by atoms with Crippen molar-refractivity contribution >= 4 is 12.0 Å². The molecule has 1 aliphatic heterocycles. The lowest BCUT2D eigenvalue weighted by atomic mass is 10.0. The van der Waals surface area contributed by atoms with Crippen LogP contribution in [0.1, 0.15) is 6.42 Å². The van der Waals surface area contributed by atoms with Crippen LogP contribution in [-0.4, -0.2) is 57.9 Å². The lowest BCUT2D eigenvalue weighted by Crippen LogP contribution is -2.47. The van der Waals surface area contributed by atoms with E-state index in [1.165, 1.54) is 0 Å². The Morgan fingerprint density at radius 1 is 1.45 bits per heavy atom. The Bertz CT molecular complexity index is 450. The Kier molecular flexibility index (Phi) is 4.88. The summed E-state index contributed by atoms with van der Waals surface area (Å²) in [4.78, 5) is 22.5. The zero-order chi connectivity index (χ0) is 14.4. The lowest BCUT2D eigenvalue weighted by molar-refractivity contribution is -0.142. The Balaban J connectivity index is 1.64. The molecule has 2 heterocycles. The first-order chi connectivity index (χ1) is 9.66. The van der Waals surface area contributed by atoms with Crippen LogP contribution in [0.4, 0.5) is 4.79 Å². The van der Waals surface area contributed by atoms with Gasteiger partial charge in [0.25, 0.3) is 0 Å². The second-order valence-corrected chi connectivity index (χ2v) is 4.51. The molecule has 9 nitrogen and oxygen atoms in total. The molecule has 1 aliphatic rings. The quantitative estimate of drug-likeness (QED) is 0.580. The number of amides is 2. The molecule has 1 aromatic heterocycles. The molecule has 0 aliphatic carbocycles. The van der Waals surface area contributed by atoms with Gasteiger partial charge in [-0.25, -0.2) is 4.79 Å². The Morgan fingerprint density at radius 2 is 2.30 bits per heavy atom.